The Kier molecular flexibility index (Phi) is 4.63. The number of amides is 1. The molecular formula is C17H21N3O2S. The van der Waals surface area contributed by atoms with E-state index in [2.05, 4.69) is 4.98 Å². The monoisotopic (exact) mass is 331 g/mol. The molecule has 1 fully saturated rings. The molecule has 3 rings (SSSR count). The van der Waals surface area contributed by atoms with Gasteiger partial charge < -0.3 is 14.5 Å². The van der Waals surface area contributed by atoms with E-state index in [0.29, 0.717) is 19.7 Å². The van der Waals surface area contributed by atoms with Crippen molar-refractivity contribution in [1.82, 2.24) is 9.88 Å². The maximum absolute atomic E-state index is 12.6. The van der Waals surface area contributed by atoms with Crippen molar-refractivity contribution in [3.05, 3.63) is 45.8 Å². The van der Waals surface area contributed by atoms with Gasteiger partial charge in [-0.3, -0.25) is 4.79 Å². The number of pyridine rings is 1. The van der Waals surface area contributed by atoms with Crippen LogP contribution in [0.1, 0.15) is 26.3 Å². The molecule has 1 atom stereocenters. The minimum absolute atomic E-state index is 0.0835. The van der Waals surface area contributed by atoms with Crippen molar-refractivity contribution in [3.63, 3.8) is 0 Å². The van der Waals surface area contributed by atoms with E-state index in [-0.39, 0.29) is 12.0 Å². The number of hydrogen-bond donors (Lipinski definition) is 0. The normalized spacial score (nSPS) is 18.0. The average molecular weight is 331 g/mol. The van der Waals surface area contributed by atoms with Gasteiger partial charge in [-0.05, 0) is 31.2 Å². The van der Waals surface area contributed by atoms with Gasteiger partial charge in [0.15, 0.2) is 0 Å². The van der Waals surface area contributed by atoms with E-state index < -0.39 is 0 Å². The highest BCUT2D eigenvalue weighted by molar-refractivity contribution is 7.13. The predicted molar refractivity (Wildman–Crippen MR) is 92.2 cm³/mol. The molecule has 3 heterocycles. The molecule has 0 aliphatic carbocycles. The highest BCUT2D eigenvalue weighted by Crippen LogP contribution is 2.25. The maximum atomic E-state index is 12.6. The number of aryl methyl sites for hydroxylation is 1. The molecule has 1 amide bonds. The van der Waals surface area contributed by atoms with E-state index in [1.165, 1.54) is 11.3 Å². The molecule has 23 heavy (non-hydrogen) atoms. The SMILES string of the molecule is Cc1ccc(C(=O)N2CCOC(c3cccc(N(C)C)n3)C2)s1. The van der Waals surface area contributed by atoms with Crippen molar-refractivity contribution in [2.45, 2.75) is 13.0 Å². The van der Waals surface area contributed by atoms with E-state index in [0.717, 1.165) is 21.3 Å². The Bertz CT molecular complexity index is 699. The van der Waals surface area contributed by atoms with Crippen molar-refractivity contribution in [2.24, 2.45) is 0 Å². The van der Waals surface area contributed by atoms with Gasteiger partial charge >= 0.3 is 0 Å². The third-order valence-electron chi connectivity index (χ3n) is 3.85. The molecule has 0 N–H and O–H groups in total. The molecule has 0 radical (unpaired) electrons. The Morgan fingerprint density at radius 1 is 1.35 bits per heavy atom. The van der Waals surface area contributed by atoms with E-state index in [1.54, 1.807) is 0 Å². The lowest BCUT2D eigenvalue weighted by atomic mass is 10.1. The van der Waals surface area contributed by atoms with Gasteiger partial charge in [-0.25, -0.2) is 4.98 Å². The van der Waals surface area contributed by atoms with Gasteiger partial charge in [0, 0.05) is 25.5 Å². The van der Waals surface area contributed by atoms with Gasteiger partial charge in [-0.2, -0.15) is 0 Å². The summed E-state index contributed by atoms with van der Waals surface area (Å²) < 4.78 is 5.85. The van der Waals surface area contributed by atoms with Crippen LogP contribution in [0, 0.1) is 6.92 Å². The van der Waals surface area contributed by atoms with E-state index >= 15 is 0 Å². The first-order valence-corrected chi connectivity index (χ1v) is 8.48. The number of rotatable bonds is 3. The molecule has 1 saturated heterocycles. The minimum Gasteiger partial charge on any atom is -0.368 e. The smallest absolute Gasteiger partial charge is 0.264 e. The third kappa shape index (κ3) is 3.54. The van der Waals surface area contributed by atoms with Crippen LogP contribution < -0.4 is 4.90 Å². The lowest BCUT2D eigenvalue weighted by Crippen LogP contribution is -2.42. The van der Waals surface area contributed by atoms with Crippen molar-refractivity contribution >= 4 is 23.1 Å². The van der Waals surface area contributed by atoms with E-state index in [9.17, 15) is 4.79 Å². The molecule has 0 spiro atoms. The second-order valence-electron chi connectivity index (χ2n) is 5.84. The summed E-state index contributed by atoms with van der Waals surface area (Å²) in [6.07, 6.45) is -0.173. The number of carbonyl (C=O) groups excluding carboxylic acids is 1. The summed E-state index contributed by atoms with van der Waals surface area (Å²) in [5, 5.41) is 0. The van der Waals surface area contributed by atoms with Gasteiger partial charge in [-0.1, -0.05) is 6.07 Å². The molecule has 0 bridgehead atoms. The summed E-state index contributed by atoms with van der Waals surface area (Å²) in [5.74, 6) is 0.976. The second-order valence-corrected chi connectivity index (χ2v) is 7.12. The highest BCUT2D eigenvalue weighted by Gasteiger charge is 2.27. The molecular weight excluding hydrogens is 310 g/mol. The van der Waals surface area contributed by atoms with Crippen molar-refractivity contribution in [1.29, 1.82) is 0 Å². The van der Waals surface area contributed by atoms with Crippen LogP contribution >= 0.6 is 11.3 Å². The zero-order chi connectivity index (χ0) is 16.4. The van der Waals surface area contributed by atoms with E-state index in [4.69, 9.17) is 4.74 Å². The fraction of sp³-hybridized carbons (Fsp3) is 0.412. The van der Waals surface area contributed by atoms with Crippen LogP contribution in [0.3, 0.4) is 0 Å². The van der Waals surface area contributed by atoms with Crippen LogP contribution in [0.4, 0.5) is 5.82 Å². The van der Waals surface area contributed by atoms with Gasteiger partial charge in [0.2, 0.25) is 0 Å². The summed E-state index contributed by atoms with van der Waals surface area (Å²) in [6.45, 7) is 3.72. The standard InChI is InChI=1S/C17H21N3O2S/c1-12-7-8-15(23-12)17(21)20-9-10-22-14(11-20)13-5-4-6-16(18-13)19(2)3/h4-8,14H,9-11H2,1-3H3. The van der Waals surface area contributed by atoms with Crippen molar-refractivity contribution in [3.8, 4) is 0 Å². The molecule has 5 nitrogen and oxygen atoms in total. The molecule has 122 valence electrons. The van der Waals surface area contributed by atoms with Crippen LogP contribution in [-0.4, -0.2) is 49.6 Å². The fourth-order valence-electron chi connectivity index (χ4n) is 2.59. The number of aromatic nitrogens is 1. The van der Waals surface area contributed by atoms with Gasteiger partial charge in [-0.15, -0.1) is 11.3 Å². The highest BCUT2D eigenvalue weighted by atomic mass is 32.1. The quantitative estimate of drug-likeness (QED) is 0.867. The Labute approximate surface area is 140 Å². The summed E-state index contributed by atoms with van der Waals surface area (Å²) in [4.78, 5) is 23.0. The molecule has 1 aliphatic rings. The number of hydrogen-bond acceptors (Lipinski definition) is 5. The van der Waals surface area contributed by atoms with Crippen LogP contribution in [0.25, 0.3) is 0 Å². The first kappa shape index (κ1) is 16.0. The molecule has 2 aromatic rings. The largest absolute Gasteiger partial charge is 0.368 e. The average Bonchev–Trinajstić information content (AvgIpc) is 3.01. The maximum Gasteiger partial charge on any atom is 0.264 e. The number of carbonyl (C=O) groups is 1. The summed E-state index contributed by atoms with van der Waals surface area (Å²) in [5.41, 5.74) is 0.871. The van der Waals surface area contributed by atoms with Crippen molar-refractivity contribution in [2.75, 3.05) is 38.7 Å². The Morgan fingerprint density at radius 3 is 2.87 bits per heavy atom. The van der Waals surface area contributed by atoms with Gasteiger partial charge in [0.05, 0.1) is 23.7 Å². The number of thiophene rings is 1. The summed E-state index contributed by atoms with van der Waals surface area (Å²) >= 11 is 1.54. The zero-order valence-electron chi connectivity index (χ0n) is 13.7. The number of anilines is 1. The molecule has 2 aromatic heterocycles. The van der Waals surface area contributed by atoms with Crippen LogP contribution in [0.5, 0.6) is 0 Å². The third-order valence-corrected chi connectivity index (χ3v) is 4.84. The number of nitrogens with zero attached hydrogens (tertiary/aromatic N) is 3. The Balaban J connectivity index is 1.75. The minimum atomic E-state index is -0.173. The first-order valence-electron chi connectivity index (χ1n) is 7.66. The number of morpholine rings is 1. The van der Waals surface area contributed by atoms with Gasteiger partial charge in [0.25, 0.3) is 5.91 Å². The van der Waals surface area contributed by atoms with Gasteiger partial charge in [0.1, 0.15) is 11.9 Å². The fourth-order valence-corrected chi connectivity index (χ4v) is 3.42. The van der Waals surface area contributed by atoms with E-state index in [1.807, 2.05) is 61.2 Å². The lowest BCUT2D eigenvalue weighted by molar-refractivity contribution is -0.0245. The van der Waals surface area contributed by atoms with Crippen LogP contribution in [0.15, 0.2) is 30.3 Å². The van der Waals surface area contributed by atoms with Crippen molar-refractivity contribution < 1.29 is 9.53 Å². The summed E-state index contributed by atoms with van der Waals surface area (Å²) in [6, 6.07) is 9.78. The number of ether oxygens (including phenoxy) is 1. The molecule has 0 saturated carbocycles. The molecule has 0 aromatic carbocycles. The Hall–Kier alpha value is -1.92. The topological polar surface area (TPSA) is 45.7 Å². The predicted octanol–water partition coefficient (Wildman–Crippen LogP) is 2.73. The lowest BCUT2D eigenvalue weighted by Gasteiger charge is -2.32. The first-order chi connectivity index (χ1) is 11.0. The Morgan fingerprint density at radius 2 is 2.17 bits per heavy atom. The molecule has 6 heteroatoms. The second kappa shape index (κ2) is 6.68. The molecule has 1 unspecified atom stereocenters. The zero-order valence-corrected chi connectivity index (χ0v) is 14.5. The molecule has 1 aliphatic heterocycles. The summed E-state index contributed by atoms with van der Waals surface area (Å²) in [7, 11) is 3.92. The van der Waals surface area contributed by atoms with Crippen LogP contribution in [-0.2, 0) is 4.74 Å². The van der Waals surface area contributed by atoms with Crippen LogP contribution in [0.2, 0.25) is 0 Å².